The predicted octanol–water partition coefficient (Wildman–Crippen LogP) is 1.60. The van der Waals surface area contributed by atoms with Gasteiger partial charge < -0.3 is 25.0 Å². The highest BCUT2D eigenvalue weighted by molar-refractivity contribution is 5.95. The fourth-order valence-corrected chi connectivity index (χ4v) is 3.45. The average molecular weight is 425 g/mol. The maximum atomic E-state index is 12.4. The number of hydrogen-bond acceptors (Lipinski definition) is 5. The second-order valence-corrected chi connectivity index (χ2v) is 7.31. The fourth-order valence-electron chi connectivity index (χ4n) is 3.45. The predicted molar refractivity (Wildman–Crippen MR) is 115 cm³/mol. The summed E-state index contributed by atoms with van der Waals surface area (Å²) in [6, 6.07) is 14.6. The molecule has 31 heavy (non-hydrogen) atoms. The quantitative estimate of drug-likeness (QED) is 0.595. The zero-order valence-electron chi connectivity index (χ0n) is 17.7. The molecular formula is C23H27N3O5. The van der Waals surface area contributed by atoms with Gasteiger partial charge in [0.15, 0.2) is 0 Å². The van der Waals surface area contributed by atoms with Crippen LogP contribution >= 0.6 is 0 Å². The zero-order chi connectivity index (χ0) is 22.2. The van der Waals surface area contributed by atoms with Crippen molar-refractivity contribution in [2.45, 2.75) is 13.0 Å². The first-order valence-corrected chi connectivity index (χ1v) is 10.1. The van der Waals surface area contributed by atoms with E-state index in [-0.39, 0.29) is 43.1 Å². The van der Waals surface area contributed by atoms with Crippen molar-refractivity contribution >= 4 is 17.7 Å². The molecule has 8 heteroatoms. The molecule has 0 aromatic heterocycles. The Morgan fingerprint density at radius 3 is 2.29 bits per heavy atom. The van der Waals surface area contributed by atoms with Gasteiger partial charge in [-0.15, -0.1) is 0 Å². The molecule has 0 aliphatic carbocycles. The van der Waals surface area contributed by atoms with Crippen LogP contribution in [0.3, 0.4) is 0 Å². The molecule has 2 aromatic carbocycles. The number of carbonyl (C=O) groups excluding carboxylic acids is 3. The SMILES string of the molecule is COc1cc(OC)cc(C(=O)NCCNC(=O)C2CC(=O)N(Cc3ccccc3)C2)c1. The molecule has 0 bridgehead atoms. The van der Waals surface area contributed by atoms with Gasteiger partial charge in [0.2, 0.25) is 11.8 Å². The molecule has 2 N–H and O–H groups in total. The highest BCUT2D eigenvalue weighted by Crippen LogP contribution is 2.22. The molecule has 1 fully saturated rings. The molecule has 1 saturated heterocycles. The minimum absolute atomic E-state index is 0.0238. The Bertz CT molecular complexity index is 910. The van der Waals surface area contributed by atoms with E-state index in [1.54, 1.807) is 23.1 Å². The van der Waals surface area contributed by atoms with Crippen LogP contribution in [-0.2, 0) is 16.1 Å². The van der Waals surface area contributed by atoms with E-state index in [0.29, 0.717) is 30.2 Å². The van der Waals surface area contributed by atoms with Crippen molar-refractivity contribution in [3.8, 4) is 11.5 Å². The van der Waals surface area contributed by atoms with Crippen LogP contribution in [0.4, 0.5) is 0 Å². The molecule has 1 aliphatic rings. The summed E-state index contributed by atoms with van der Waals surface area (Å²) in [5, 5.41) is 5.56. The molecular weight excluding hydrogens is 398 g/mol. The molecule has 1 heterocycles. The third-order valence-corrected chi connectivity index (χ3v) is 5.12. The first-order chi connectivity index (χ1) is 15.0. The Kier molecular flexibility index (Phi) is 7.48. The van der Waals surface area contributed by atoms with Gasteiger partial charge in [0.05, 0.1) is 20.1 Å². The number of amides is 3. The van der Waals surface area contributed by atoms with E-state index in [1.807, 2.05) is 30.3 Å². The maximum Gasteiger partial charge on any atom is 0.251 e. The molecule has 0 spiro atoms. The normalized spacial score (nSPS) is 15.5. The summed E-state index contributed by atoms with van der Waals surface area (Å²) in [6.07, 6.45) is 0.203. The highest BCUT2D eigenvalue weighted by atomic mass is 16.5. The van der Waals surface area contributed by atoms with Gasteiger partial charge in [0, 0.05) is 44.2 Å². The van der Waals surface area contributed by atoms with Crippen LogP contribution in [0.1, 0.15) is 22.3 Å². The number of likely N-dealkylation sites (tertiary alicyclic amines) is 1. The second kappa shape index (κ2) is 10.5. The van der Waals surface area contributed by atoms with Gasteiger partial charge in [-0.2, -0.15) is 0 Å². The lowest BCUT2D eigenvalue weighted by Gasteiger charge is -2.16. The smallest absolute Gasteiger partial charge is 0.251 e. The summed E-state index contributed by atoms with van der Waals surface area (Å²) in [4.78, 5) is 38.7. The Labute approximate surface area is 181 Å². The minimum Gasteiger partial charge on any atom is -0.497 e. The van der Waals surface area contributed by atoms with E-state index in [2.05, 4.69) is 10.6 Å². The third kappa shape index (κ3) is 5.97. The number of methoxy groups -OCH3 is 2. The van der Waals surface area contributed by atoms with Crippen LogP contribution in [0.25, 0.3) is 0 Å². The topological polar surface area (TPSA) is 97.0 Å². The Balaban J connectivity index is 1.43. The highest BCUT2D eigenvalue weighted by Gasteiger charge is 2.33. The van der Waals surface area contributed by atoms with Crippen molar-refractivity contribution in [2.75, 3.05) is 33.9 Å². The summed E-state index contributed by atoms with van der Waals surface area (Å²) in [7, 11) is 3.03. The van der Waals surface area contributed by atoms with Gasteiger partial charge in [-0.1, -0.05) is 30.3 Å². The number of nitrogens with one attached hydrogen (secondary N) is 2. The van der Waals surface area contributed by atoms with E-state index >= 15 is 0 Å². The number of benzene rings is 2. The summed E-state index contributed by atoms with van der Waals surface area (Å²) in [5.41, 5.74) is 1.44. The summed E-state index contributed by atoms with van der Waals surface area (Å²) in [6.45, 7) is 1.44. The molecule has 0 radical (unpaired) electrons. The van der Waals surface area contributed by atoms with Crippen LogP contribution < -0.4 is 20.1 Å². The minimum atomic E-state index is -0.380. The molecule has 164 valence electrons. The van der Waals surface area contributed by atoms with E-state index in [0.717, 1.165) is 5.56 Å². The number of hydrogen-bond donors (Lipinski definition) is 2. The van der Waals surface area contributed by atoms with Gasteiger partial charge in [-0.3, -0.25) is 14.4 Å². The van der Waals surface area contributed by atoms with Gasteiger partial charge >= 0.3 is 0 Å². The lowest BCUT2D eigenvalue weighted by atomic mass is 10.1. The van der Waals surface area contributed by atoms with Gasteiger partial charge in [0.1, 0.15) is 11.5 Å². The standard InChI is InChI=1S/C23H27N3O5/c1-30-19-10-17(11-20(13-19)31-2)22(28)24-8-9-25-23(29)18-12-21(27)26(15-18)14-16-6-4-3-5-7-16/h3-7,10-11,13,18H,8-9,12,14-15H2,1-2H3,(H,24,28)(H,25,29). The number of carbonyl (C=O) groups is 3. The molecule has 1 unspecified atom stereocenters. The largest absolute Gasteiger partial charge is 0.497 e. The van der Waals surface area contributed by atoms with Crippen molar-refractivity contribution in [1.29, 1.82) is 0 Å². The van der Waals surface area contributed by atoms with E-state index in [9.17, 15) is 14.4 Å². The maximum absolute atomic E-state index is 12.4. The Hall–Kier alpha value is -3.55. The monoisotopic (exact) mass is 425 g/mol. The number of nitrogens with zero attached hydrogens (tertiary/aromatic N) is 1. The fraction of sp³-hybridized carbons (Fsp3) is 0.348. The van der Waals surface area contributed by atoms with Crippen molar-refractivity contribution in [1.82, 2.24) is 15.5 Å². The molecule has 3 amide bonds. The van der Waals surface area contributed by atoms with Crippen molar-refractivity contribution < 1.29 is 23.9 Å². The molecule has 3 rings (SSSR count). The van der Waals surface area contributed by atoms with Crippen LogP contribution in [0.2, 0.25) is 0 Å². The van der Waals surface area contributed by atoms with Crippen molar-refractivity contribution in [3.63, 3.8) is 0 Å². The van der Waals surface area contributed by atoms with Crippen molar-refractivity contribution in [2.24, 2.45) is 5.92 Å². The Morgan fingerprint density at radius 1 is 1.00 bits per heavy atom. The van der Waals surface area contributed by atoms with E-state index in [1.165, 1.54) is 14.2 Å². The lowest BCUT2D eigenvalue weighted by molar-refractivity contribution is -0.129. The van der Waals surface area contributed by atoms with Gasteiger partial charge in [-0.25, -0.2) is 0 Å². The zero-order valence-corrected chi connectivity index (χ0v) is 17.7. The van der Waals surface area contributed by atoms with E-state index in [4.69, 9.17) is 9.47 Å². The lowest BCUT2D eigenvalue weighted by Crippen LogP contribution is -2.38. The molecule has 0 saturated carbocycles. The van der Waals surface area contributed by atoms with Gasteiger partial charge in [0.25, 0.3) is 5.91 Å². The number of ether oxygens (including phenoxy) is 2. The summed E-state index contributed by atoms with van der Waals surface area (Å²) < 4.78 is 10.3. The van der Waals surface area contributed by atoms with Crippen LogP contribution in [0.5, 0.6) is 11.5 Å². The summed E-state index contributed by atoms with van der Waals surface area (Å²) >= 11 is 0. The average Bonchev–Trinajstić information content (AvgIpc) is 3.16. The van der Waals surface area contributed by atoms with Gasteiger partial charge in [-0.05, 0) is 17.7 Å². The molecule has 1 atom stereocenters. The van der Waals surface area contributed by atoms with Crippen molar-refractivity contribution in [3.05, 3.63) is 59.7 Å². The number of rotatable bonds is 9. The third-order valence-electron chi connectivity index (χ3n) is 5.12. The van der Waals surface area contributed by atoms with Crippen LogP contribution in [0, 0.1) is 5.92 Å². The summed E-state index contributed by atoms with van der Waals surface area (Å²) in [5.74, 6) is 0.157. The van der Waals surface area contributed by atoms with Crippen LogP contribution in [0.15, 0.2) is 48.5 Å². The molecule has 2 aromatic rings. The first-order valence-electron chi connectivity index (χ1n) is 10.1. The van der Waals surface area contributed by atoms with E-state index < -0.39 is 0 Å². The first kappa shape index (κ1) is 22.1. The molecule has 8 nitrogen and oxygen atoms in total. The van der Waals surface area contributed by atoms with Crippen LogP contribution in [-0.4, -0.2) is 56.5 Å². The molecule has 1 aliphatic heterocycles. The Morgan fingerprint density at radius 2 is 1.65 bits per heavy atom. The second-order valence-electron chi connectivity index (χ2n) is 7.31.